The Labute approximate surface area is 200 Å². The topological polar surface area (TPSA) is 52.7 Å². The predicted octanol–water partition coefficient (Wildman–Crippen LogP) is 5.42. The van der Waals surface area contributed by atoms with Crippen LogP contribution in [-0.4, -0.2) is 29.1 Å². The van der Waals surface area contributed by atoms with Gasteiger partial charge in [-0.05, 0) is 48.9 Å². The first-order valence-electron chi connectivity index (χ1n) is 10.1. The summed E-state index contributed by atoms with van der Waals surface area (Å²) in [6, 6.07) is 23.2. The Kier molecular flexibility index (Phi) is 5.67. The Balaban J connectivity index is 1.41. The number of carbonyl (C=O) groups excluding carboxylic acids is 2. The lowest BCUT2D eigenvalue weighted by Gasteiger charge is -2.36. The van der Waals surface area contributed by atoms with E-state index in [0.717, 1.165) is 26.7 Å². The predicted molar refractivity (Wildman–Crippen MR) is 130 cm³/mol. The van der Waals surface area contributed by atoms with Crippen LogP contribution in [0.4, 0.5) is 11.4 Å². The molecule has 3 aromatic carbocycles. The summed E-state index contributed by atoms with van der Waals surface area (Å²) in [5.74, 6) is 0.149. The maximum Gasteiger partial charge on any atom is 0.248 e. The van der Waals surface area contributed by atoms with Crippen LogP contribution in [0.1, 0.15) is 12.5 Å². The van der Waals surface area contributed by atoms with Gasteiger partial charge in [0.15, 0.2) is 0 Å². The maximum atomic E-state index is 13.5. The summed E-state index contributed by atoms with van der Waals surface area (Å²) < 4.78 is 0. The number of thioether (sulfide) groups is 1. The zero-order valence-corrected chi connectivity index (χ0v) is 19.6. The molecule has 1 fully saturated rings. The molecule has 8 heteroatoms. The minimum absolute atomic E-state index is 0.0111. The largest absolute Gasteiger partial charge is 0.278 e. The van der Waals surface area contributed by atoms with Crippen LogP contribution in [0.5, 0.6) is 0 Å². The van der Waals surface area contributed by atoms with Crippen molar-refractivity contribution in [3.8, 4) is 0 Å². The Morgan fingerprint density at radius 3 is 2.22 bits per heavy atom. The number of carbonyl (C=O) groups is 2. The Bertz CT molecular complexity index is 1160. The van der Waals surface area contributed by atoms with E-state index in [1.807, 2.05) is 79.7 Å². The quantitative estimate of drug-likeness (QED) is 0.539. The van der Waals surface area contributed by atoms with Crippen LogP contribution in [0.25, 0.3) is 0 Å². The van der Waals surface area contributed by atoms with Gasteiger partial charge in [-0.2, -0.15) is 0 Å². The maximum absolute atomic E-state index is 13.5. The van der Waals surface area contributed by atoms with Gasteiger partial charge in [-0.1, -0.05) is 59.8 Å². The van der Waals surface area contributed by atoms with Gasteiger partial charge in [0.2, 0.25) is 11.8 Å². The molecule has 5 nitrogen and oxygen atoms in total. The van der Waals surface area contributed by atoms with Crippen LogP contribution in [-0.2, 0) is 14.5 Å². The molecule has 0 radical (unpaired) electrons. The highest BCUT2D eigenvalue weighted by molar-refractivity contribution is 8.01. The van der Waals surface area contributed by atoms with Gasteiger partial charge in [-0.25, -0.2) is 5.43 Å². The van der Waals surface area contributed by atoms with Crippen molar-refractivity contribution in [2.75, 3.05) is 17.2 Å². The van der Waals surface area contributed by atoms with Crippen molar-refractivity contribution in [3.63, 3.8) is 0 Å². The molecule has 0 saturated carbocycles. The van der Waals surface area contributed by atoms with Crippen molar-refractivity contribution in [2.45, 2.75) is 21.6 Å². The lowest BCUT2D eigenvalue weighted by Crippen LogP contribution is -2.52. The van der Waals surface area contributed by atoms with Gasteiger partial charge in [0.1, 0.15) is 4.87 Å². The molecule has 32 heavy (non-hydrogen) atoms. The summed E-state index contributed by atoms with van der Waals surface area (Å²) in [7, 11) is 0. The molecule has 0 bridgehead atoms. The van der Waals surface area contributed by atoms with Crippen molar-refractivity contribution in [1.82, 2.24) is 10.4 Å². The third-order valence-electron chi connectivity index (χ3n) is 5.60. The first-order chi connectivity index (χ1) is 15.5. The van der Waals surface area contributed by atoms with Gasteiger partial charge in [0.25, 0.3) is 0 Å². The highest BCUT2D eigenvalue weighted by Gasteiger charge is 2.44. The number of nitrogens with one attached hydrogen (secondary N) is 1. The third kappa shape index (κ3) is 3.69. The molecule has 162 valence electrons. The van der Waals surface area contributed by atoms with Crippen LogP contribution in [0.2, 0.25) is 5.02 Å². The zero-order valence-electron chi connectivity index (χ0n) is 17.2. The number of hydrazine groups is 1. The summed E-state index contributed by atoms with van der Waals surface area (Å²) in [6.45, 7) is 1.97. The van der Waals surface area contributed by atoms with Crippen molar-refractivity contribution >= 4 is 58.3 Å². The van der Waals surface area contributed by atoms with Gasteiger partial charge in [0, 0.05) is 14.8 Å². The van der Waals surface area contributed by atoms with E-state index < -0.39 is 4.87 Å². The van der Waals surface area contributed by atoms with Crippen LogP contribution in [0.15, 0.2) is 82.6 Å². The highest BCUT2D eigenvalue weighted by Crippen LogP contribution is 2.48. The van der Waals surface area contributed by atoms with E-state index in [9.17, 15) is 9.59 Å². The van der Waals surface area contributed by atoms with E-state index in [1.165, 1.54) is 11.8 Å². The monoisotopic (exact) mass is 481 g/mol. The third-order valence-corrected chi connectivity index (χ3v) is 8.36. The summed E-state index contributed by atoms with van der Waals surface area (Å²) in [5.41, 5.74) is 5.78. The molecule has 2 heterocycles. The van der Waals surface area contributed by atoms with Gasteiger partial charge in [0.05, 0.1) is 23.7 Å². The van der Waals surface area contributed by atoms with Gasteiger partial charge in [-0.3, -0.25) is 19.5 Å². The molecule has 3 aromatic rings. The summed E-state index contributed by atoms with van der Waals surface area (Å²) >= 11 is 9.22. The fraction of sp³-hybridized carbons (Fsp3) is 0.167. The van der Waals surface area contributed by atoms with Crippen molar-refractivity contribution < 1.29 is 9.59 Å². The fourth-order valence-electron chi connectivity index (χ4n) is 3.98. The zero-order chi connectivity index (χ0) is 22.3. The van der Waals surface area contributed by atoms with Gasteiger partial charge in [-0.15, -0.1) is 11.8 Å². The number of para-hydroxylation sites is 2. The number of rotatable bonds is 4. The Morgan fingerprint density at radius 2 is 1.59 bits per heavy atom. The normalized spacial score (nSPS) is 19.6. The molecule has 1 atom stereocenters. The SMILES string of the molecule is CC1(c2ccc(Cl)cc2)SCC(=O)N1NCC(=O)N1c2ccccc2Sc2ccccc21. The molecule has 1 saturated heterocycles. The number of hydrogen-bond acceptors (Lipinski definition) is 5. The van der Waals surface area contributed by atoms with E-state index in [1.54, 1.807) is 21.7 Å². The number of nitrogens with zero attached hydrogens (tertiary/aromatic N) is 2. The molecule has 2 amide bonds. The Hall–Kier alpha value is -2.45. The van der Waals surface area contributed by atoms with E-state index in [2.05, 4.69) is 5.43 Å². The van der Waals surface area contributed by atoms with Crippen LogP contribution in [0.3, 0.4) is 0 Å². The number of hydrogen-bond donors (Lipinski definition) is 1. The lowest BCUT2D eigenvalue weighted by molar-refractivity contribution is -0.134. The summed E-state index contributed by atoms with van der Waals surface area (Å²) in [6.07, 6.45) is 0. The number of halogens is 1. The second-order valence-electron chi connectivity index (χ2n) is 7.61. The van der Waals surface area contributed by atoms with Crippen LogP contribution < -0.4 is 10.3 Å². The number of benzene rings is 3. The first-order valence-corrected chi connectivity index (χ1v) is 12.3. The lowest BCUT2D eigenvalue weighted by atomic mass is 10.1. The van der Waals surface area contributed by atoms with E-state index >= 15 is 0 Å². The van der Waals surface area contributed by atoms with Crippen molar-refractivity contribution in [3.05, 3.63) is 83.4 Å². The number of anilines is 2. The average Bonchev–Trinajstić information content (AvgIpc) is 3.10. The van der Waals surface area contributed by atoms with E-state index in [0.29, 0.717) is 10.8 Å². The molecule has 5 rings (SSSR count). The smallest absolute Gasteiger partial charge is 0.248 e. The molecule has 0 aromatic heterocycles. The van der Waals surface area contributed by atoms with Crippen LogP contribution in [0, 0.1) is 0 Å². The standard InChI is InChI=1S/C24H20ClN3O2S2/c1-24(16-10-12-17(25)13-11-16)28(23(30)15-31-24)26-14-22(29)27-18-6-2-4-8-20(18)32-21-9-5-3-7-19(21)27/h2-13,26H,14-15H2,1H3. The van der Waals surface area contributed by atoms with Gasteiger partial charge < -0.3 is 0 Å². The van der Waals surface area contributed by atoms with Crippen molar-refractivity contribution in [1.29, 1.82) is 0 Å². The molecule has 1 unspecified atom stereocenters. The molecule has 1 N–H and O–H groups in total. The average molecular weight is 482 g/mol. The fourth-order valence-corrected chi connectivity index (χ4v) is 6.29. The summed E-state index contributed by atoms with van der Waals surface area (Å²) in [4.78, 5) is 29.3. The first kappa shape index (κ1) is 21.4. The molecular weight excluding hydrogens is 462 g/mol. The number of amides is 2. The van der Waals surface area contributed by atoms with Gasteiger partial charge >= 0.3 is 0 Å². The molecule has 2 aliphatic rings. The minimum Gasteiger partial charge on any atom is -0.278 e. The molecule has 2 aliphatic heterocycles. The second kappa shape index (κ2) is 8.48. The molecule has 0 aliphatic carbocycles. The van der Waals surface area contributed by atoms with E-state index in [-0.39, 0.29) is 18.4 Å². The van der Waals surface area contributed by atoms with E-state index in [4.69, 9.17) is 11.6 Å². The molecule has 0 spiro atoms. The number of fused-ring (bicyclic) bond motifs is 2. The van der Waals surface area contributed by atoms with Crippen molar-refractivity contribution in [2.24, 2.45) is 0 Å². The highest BCUT2D eigenvalue weighted by atomic mass is 35.5. The second-order valence-corrected chi connectivity index (χ2v) is 10.5. The summed E-state index contributed by atoms with van der Waals surface area (Å²) in [5, 5.41) is 2.22. The molecular formula is C24H20ClN3O2S2. The Morgan fingerprint density at radius 1 is 1.00 bits per heavy atom. The van der Waals surface area contributed by atoms with Crippen LogP contribution >= 0.6 is 35.1 Å². The minimum atomic E-state index is -0.629.